The zero-order valence-electron chi connectivity index (χ0n) is 16.9. The molecule has 0 unspecified atom stereocenters. The number of hydrogen-bond donors (Lipinski definition) is 2. The molecular formula is C22H18F4N2O4S. The topological polar surface area (TPSA) is 84.5 Å². The second kappa shape index (κ2) is 9.90. The molecular weight excluding hydrogens is 464 g/mol. The van der Waals surface area contributed by atoms with Crippen LogP contribution in [0.25, 0.3) is 0 Å². The highest BCUT2D eigenvalue weighted by Gasteiger charge is 2.28. The fourth-order valence-electron chi connectivity index (χ4n) is 2.71. The van der Waals surface area contributed by atoms with E-state index >= 15 is 0 Å². The first-order valence-corrected chi connectivity index (χ1v) is 11.0. The maximum absolute atomic E-state index is 13.8. The number of hydrogen-bond acceptors (Lipinski definition) is 4. The van der Waals surface area contributed by atoms with Crippen LogP contribution >= 0.6 is 0 Å². The summed E-state index contributed by atoms with van der Waals surface area (Å²) < 4.78 is 82.2. The van der Waals surface area contributed by atoms with Crippen LogP contribution in [0.3, 0.4) is 0 Å². The number of ether oxygens (including phenoxy) is 1. The largest absolute Gasteiger partial charge is 0.484 e. The van der Waals surface area contributed by atoms with Crippen LogP contribution in [-0.4, -0.2) is 27.1 Å². The summed E-state index contributed by atoms with van der Waals surface area (Å²) in [5.41, 5.74) is 0.416. The van der Waals surface area contributed by atoms with E-state index in [9.17, 15) is 30.8 Å². The average molecular weight is 482 g/mol. The molecule has 0 saturated heterocycles. The number of carbonyl (C=O) groups is 1. The minimum absolute atomic E-state index is 0.0302. The summed E-state index contributed by atoms with van der Waals surface area (Å²) in [6.45, 7) is -1.36. The van der Waals surface area contributed by atoms with Crippen LogP contribution in [0.1, 0.15) is 15.9 Å². The summed E-state index contributed by atoms with van der Waals surface area (Å²) in [7, 11) is -4.14. The van der Waals surface area contributed by atoms with Gasteiger partial charge < -0.3 is 10.1 Å². The molecule has 3 aromatic carbocycles. The number of sulfonamides is 1. The summed E-state index contributed by atoms with van der Waals surface area (Å²) >= 11 is 0. The highest BCUT2D eigenvalue weighted by molar-refractivity contribution is 7.92. The Labute approximate surface area is 187 Å². The number of carbonyl (C=O) groups excluding carboxylic acids is 1. The lowest BCUT2D eigenvalue weighted by Gasteiger charge is -2.11. The number of anilines is 1. The van der Waals surface area contributed by atoms with Gasteiger partial charge in [0.25, 0.3) is 15.9 Å². The monoisotopic (exact) mass is 482 g/mol. The van der Waals surface area contributed by atoms with E-state index in [1.165, 1.54) is 60.7 Å². The van der Waals surface area contributed by atoms with E-state index in [1.54, 1.807) is 0 Å². The van der Waals surface area contributed by atoms with Gasteiger partial charge in [-0.05, 0) is 48.0 Å². The van der Waals surface area contributed by atoms with Crippen LogP contribution in [0.5, 0.6) is 5.75 Å². The lowest BCUT2D eigenvalue weighted by Crippen LogP contribution is -2.23. The molecule has 0 heterocycles. The summed E-state index contributed by atoms with van der Waals surface area (Å²) in [5, 5.41) is 2.59. The Balaban J connectivity index is 1.63. The molecule has 0 spiro atoms. The van der Waals surface area contributed by atoms with Gasteiger partial charge in [0.1, 0.15) is 11.6 Å². The van der Waals surface area contributed by atoms with Crippen molar-refractivity contribution < 1.29 is 35.5 Å². The van der Waals surface area contributed by atoms with Crippen molar-refractivity contribution in [2.45, 2.75) is 17.6 Å². The van der Waals surface area contributed by atoms with E-state index in [1.807, 2.05) is 0 Å². The predicted octanol–water partition coefficient (Wildman–Crippen LogP) is 4.50. The molecule has 0 bridgehead atoms. The molecule has 11 heteroatoms. The van der Waals surface area contributed by atoms with Crippen LogP contribution in [0, 0.1) is 5.82 Å². The zero-order valence-corrected chi connectivity index (χ0v) is 17.7. The second-order valence-electron chi connectivity index (χ2n) is 6.84. The number of rotatable bonds is 8. The molecule has 0 aromatic heterocycles. The fourth-order valence-corrected chi connectivity index (χ4v) is 3.82. The molecule has 0 aliphatic rings. The molecule has 0 aliphatic carbocycles. The van der Waals surface area contributed by atoms with Gasteiger partial charge in [-0.3, -0.25) is 9.52 Å². The lowest BCUT2D eigenvalue weighted by molar-refractivity contribution is -0.153. The lowest BCUT2D eigenvalue weighted by atomic mass is 10.2. The first-order chi connectivity index (χ1) is 15.5. The van der Waals surface area contributed by atoms with Crippen molar-refractivity contribution in [1.82, 2.24) is 5.32 Å². The summed E-state index contributed by atoms with van der Waals surface area (Å²) in [5.74, 6) is -1.29. The Kier molecular flexibility index (Phi) is 7.22. The van der Waals surface area contributed by atoms with E-state index in [2.05, 4.69) is 14.8 Å². The Hall–Kier alpha value is -3.60. The van der Waals surface area contributed by atoms with Crippen molar-refractivity contribution in [1.29, 1.82) is 0 Å². The SMILES string of the molecule is O=C(NCc1ccc(OCC(F)(F)F)cc1)c1cccc(S(=O)(=O)Nc2ccccc2F)c1. The van der Waals surface area contributed by atoms with Gasteiger partial charge >= 0.3 is 6.18 Å². The first-order valence-electron chi connectivity index (χ1n) is 9.48. The third kappa shape index (κ3) is 6.94. The standard InChI is InChI=1S/C22H18F4N2O4S/c23-19-6-1-2-7-20(19)28-33(30,31)18-5-3-4-16(12-18)21(29)27-13-15-8-10-17(11-9-15)32-14-22(24,25)26/h1-12,28H,13-14H2,(H,27,29). The number of alkyl halides is 3. The molecule has 33 heavy (non-hydrogen) atoms. The van der Waals surface area contributed by atoms with Crippen LogP contribution in [-0.2, 0) is 16.6 Å². The minimum atomic E-state index is -4.44. The van der Waals surface area contributed by atoms with Gasteiger partial charge in [0.2, 0.25) is 0 Å². The van der Waals surface area contributed by atoms with Crippen LogP contribution in [0.2, 0.25) is 0 Å². The van der Waals surface area contributed by atoms with Gasteiger partial charge in [0.15, 0.2) is 6.61 Å². The molecule has 0 saturated carbocycles. The molecule has 3 aromatic rings. The first kappa shape index (κ1) is 24.1. The van der Waals surface area contributed by atoms with Gasteiger partial charge in [0.05, 0.1) is 10.6 Å². The number of nitrogens with one attached hydrogen (secondary N) is 2. The Morgan fingerprint density at radius 3 is 2.30 bits per heavy atom. The summed E-state index contributed by atoms with van der Waals surface area (Å²) in [4.78, 5) is 12.2. The number of amides is 1. The van der Waals surface area contributed by atoms with Crippen molar-refractivity contribution in [3.05, 3.63) is 89.7 Å². The van der Waals surface area contributed by atoms with E-state index in [0.717, 1.165) is 12.1 Å². The molecule has 174 valence electrons. The molecule has 0 atom stereocenters. The Bertz CT molecular complexity index is 1230. The van der Waals surface area contributed by atoms with E-state index in [4.69, 9.17) is 0 Å². The Morgan fingerprint density at radius 1 is 0.939 bits per heavy atom. The van der Waals surface area contributed by atoms with Crippen molar-refractivity contribution in [3.8, 4) is 5.75 Å². The van der Waals surface area contributed by atoms with Gasteiger partial charge in [-0.1, -0.05) is 30.3 Å². The molecule has 3 rings (SSSR count). The second-order valence-corrected chi connectivity index (χ2v) is 8.53. The zero-order chi connectivity index (χ0) is 24.1. The minimum Gasteiger partial charge on any atom is -0.484 e. The molecule has 2 N–H and O–H groups in total. The molecule has 0 radical (unpaired) electrons. The third-order valence-electron chi connectivity index (χ3n) is 4.30. The average Bonchev–Trinajstić information content (AvgIpc) is 2.78. The van der Waals surface area contributed by atoms with Crippen molar-refractivity contribution >= 4 is 21.6 Å². The van der Waals surface area contributed by atoms with Crippen molar-refractivity contribution in [2.75, 3.05) is 11.3 Å². The quantitative estimate of drug-likeness (QED) is 0.463. The third-order valence-corrected chi connectivity index (χ3v) is 5.67. The van der Waals surface area contributed by atoms with Crippen LogP contribution < -0.4 is 14.8 Å². The highest BCUT2D eigenvalue weighted by atomic mass is 32.2. The summed E-state index contributed by atoms with van der Waals surface area (Å²) in [6, 6.07) is 16.1. The van der Waals surface area contributed by atoms with Gasteiger partial charge in [-0.2, -0.15) is 13.2 Å². The van der Waals surface area contributed by atoms with E-state index in [-0.39, 0.29) is 28.4 Å². The predicted molar refractivity (Wildman–Crippen MR) is 113 cm³/mol. The maximum Gasteiger partial charge on any atom is 0.422 e. The van der Waals surface area contributed by atoms with E-state index < -0.39 is 34.5 Å². The number of benzene rings is 3. The summed E-state index contributed by atoms with van der Waals surface area (Å²) in [6.07, 6.45) is -4.44. The Morgan fingerprint density at radius 2 is 1.64 bits per heavy atom. The van der Waals surface area contributed by atoms with Crippen molar-refractivity contribution in [3.63, 3.8) is 0 Å². The van der Waals surface area contributed by atoms with Crippen LogP contribution in [0.4, 0.5) is 23.2 Å². The van der Waals surface area contributed by atoms with Gasteiger partial charge in [-0.25, -0.2) is 12.8 Å². The van der Waals surface area contributed by atoms with Gasteiger partial charge in [0, 0.05) is 12.1 Å². The van der Waals surface area contributed by atoms with Crippen LogP contribution in [0.15, 0.2) is 77.7 Å². The van der Waals surface area contributed by atoms with Gasteiger partial charge in [-0.15, -0.1) is 0 Å². The van der Waals surface area contributed by atoms with E-state index in [0.29, 0.717) is 5.56 Å². The number of para-hydroxylation sites is 1. The molecule has 6 nitrogen and oxygen atoms in total. The number of halogens is 4. The maximum atomic E-state index is 13.8. The molecule has 0 fully saturated rings. The normalized spacial score (nSPS) is 11.6. The fraction of sp³-hybridized carbons (Fsp3) is 0.136. The molecule has 0 aliphatic heterocycles. The van der Waals surface area contributed by atoms with Crippen molar-refractivity contribution in [2.24, 2.45) is 0 Å². The molecule has 1 amide bonds. The smallest absolute Gasteiger partial charge is 0.422 e. The highest BCUT2D eigenvalue weighted by Crippen LogP contribution is 2.21.